The van der Waals surface area contributed by atoms with Crippen LogP contribution >= 0.6 is 0 Å². The van der Waals surface area contributed by atoms with Crippen LogP contribution in [0.5, 0.6) is 0 Å². The molecule has 2 N–H and O–H groups in total. The number of benzene rings is 1. The van der Waals surface area contributed by atoms with Crippen molar-refractivity contribution in [3.05, 3.63) is 65.5 Å². The van der Waals surface area contributed by atoms with Gasteiger partial charge in [0.15, 0.2) is 11.4 Å². The zero-order chi connectivity index (χ0) is 20.8. The highest BCUT2D eigenvalue weighted by atomic mass is 16.1. The van der Waals surface area contributed by atoms with E-state index in [2.05, 4.69) is 27.2 Å². The monoisotopic (exact) mass is 390 g/mol. The zero-order valence-electron chi connectivity index (χ0n) is 17.0. The maximum Gasteiger partial charge on any atom is 0.182 e. The van der Waals surface area contributed by atoms with E-state index >= 15 is 0 Å². The van der Waals surface area contributed by atoms with Gasteiger partial charge in [0.1, 0.15) is 11.5 Å². The van der Waals surface area contributed by atoms with E-state index in [1.54, 1.807) is 16.8 Å². The lowest BCUT2D eigenvalue weighted by atomic mass is 10.1. The third-order valence-electron chi connectivity index (χ3n) is 4.61. The molecule has 0 atom stereocenters. The first kappa shape index (κ1) is 20.3. The van der Waals surface area contributed by atoms with E-state index in [1.807, 2.05) is 51.2 Å². The maximum absolute atomic E-state index is 12.2. The maximum atomic E-state index is 12.2. The van der Waals surface area contributed by atoms with E-state index in [-0.39, 0.29) is 5.78 Å². The number of allylic oxidation sites excluding steroid dienone is 2. The summed E-state index contributed by atoms with van der Waals surface area (Å²) in [5, 5.41) is 8.20. The van der Waals surface area contributed by atoms with Crippen molar-refractivity contribution in [2.24, 2.45) is 10.9 Å². The van der Waals surface area contributed by atoms with Gasteiger partial charge in [0.2, 0.25) is 0 Å². The highest BCUT2D eigenvalue weighted by Gasteiger charge is 2.17. The second-order valence-corrected chi connectivity index (χ2v) is 6.76. The number of rotatable bonds is 8. The molecular formula is C22H26N6O. The fourth-order valence-electron chi connectivity index (χ4n) is 3.14. The molecule has 2 aromatic heterocycles. The third kappa shape index (κ3) is 4.51. The summed E-state index contributed by atoms with van der Waals surface area (Å²) in [6.07, 6.45) is 4.82. The Balaban J connectivity index is 2.13. The molecule has 29 heavy (non-hydrogen) atoms. The zero-order valence-corrected chi connectivity index (χ0v) is 17.0. The van der Waals surface area contributed by atoms with Crippen molar-refractivity contribution in [1.29, 1.82) is 0 Å². The lowest BCUT2D eigenvalue weighted by Crippen LogP contribution is -2.19. The van der Waals surface area contributed by atoms with Crippen LogP contribution in [0.2, 0.25) is 0 Å². The van der Waals surface area contributed by atoms with E-state index in [4.69, 9.17) is 10.8 Å². The molecule has 0 aliphatic heterocycles. The second-order valence-electron chi connectivity index (χ2n) is 6.76. The van der Waals surface area contributed by atoms with Gasteiger partial charge in [0.05, 0.1) is 11.9 Å². The van der Waals surface area contributed by atoms with E-state index in [0.717, 1.165) is 23.5 Å². The van der Waals surface area contributed by atoms with Crippen molar-refractivity contribution >= 4 is 29.0 Å². The van der Waals surface area contributed by atoms with Gasteiger partial charge in [-0.3, -0.25) is 4.79 Å². The summed E-state index contributed by atoms with van der Waals surface area (Å²) in [5.74, 6) is 6.19. The first-order valence-electron chi connectivity index (χ1n) is 9.70. The number of hydrazone groups is 1. The Bertz CT molecular complexity index is 1050. The summed E-state index contributed by atoms with van der Waals surface area (Å²) in [5.41, 5.74) is 3.82. The lowest BCUT2D eigenvalue weighted by Gasteiger charge is -2.20. The van der Waals surface area contributed by atoms with Gasteiger partial charge < -0.3 is 10.7 Å². The molecule has 0 saturated carbocycles. The van der Waals surface area contributed by atoms with Crippen molar-refractivity contribution < 1.29 is 4.79 Å². The molecule has 0 radical (unpaired) electrons. The SMILES string of the molecule is CC/C=C(\C=N/N)c1cc(N(C)Cc2ccccc2)nc2cc(C(=O)CC)nn12. The molecule has 0 amide bonds. The molecule has 3 aromatic rings. The minimum absolute atomic E-state index is 0.0193. The van der Waals surface area contributed by atoms with Crippen LogP contribution in [0.15, 0.2) is 53.6 Å². The highest BCUT2D eigenvalue weighted by Crippen LogP contribution is 2.23. The Kier molecular flexibility index (Phi) is 6.39. The van der Waals surface area contributed by atoms with Crippen LogP contribution in [0, 0.1) is 0 Å². The number of Topliss-reactive ketones (excluding diaryl/α,β-unsaturated/α-hetero) is 1. The number of anilines is 1. The van der Waals surface area contributed by atoms with Crippen molar-refractivity contribution in [2.45, 2.75) is 33.2 Å². The number of carbonyl (C=O) groups excluding carboxylic acids is 1. The Hall–Kier alpha value is -3.48. The van der Waals surface area contributed by atoms with Crippen LogP contribution in [0.1, 0.15) is 48.4 Å². The molecular weight excluding hydrogens is 364 g/mol. The smallest absolute Gasteiger partial charge is 0.182 e. The average molecular weight is 390 g/mol. The molecule has 7 heteroatoms. The highest BCUT2D eigenvalue weighted by molar-refractivity contribution is 6.09. The van der Waals surface area contributed by atoms with Crippen LogP contribution in [-0.4, -0.2) is 33.6 Å². The van der Waals surface area contributed by atoms with Crippen molar-refractivity contribution in [3.63, 3.8) is 0 Å². The quantitative estimate of drug-likeness (QED) is 0.274. The average Bonchev–Trinajstić information content (AvgIpc) is 3.17. The van der Waals surface area contributed by atoms with E-state index in [0.29, 0.717) is 24.3 Å². The molecule has 0 bridgehead atoms. The van der Waals surface area contributed by atoms with Gasteiger partial charge in [-0.05, 0) is 12.0 Å². The number of hydrogen-bond acceptors (Lipinski definition) is 6. The Morgan fingerprint density at radius 2 is 2.00 bits per heavy atom. The van der Waals surface area contributed by atoms with Crippen LogP contribution < -0.4 is 10.7 Å². The molecule has 0 fully saturated rings. The minimum Gasteiger partial charge on any atom is -0.355 e. The summed E-state index contributed by atoms with van der Waals surface area (Å²) in [7, 11) is 1.99. The Morgan fingerprint density at radius 3 is 2.66 bits per heavy atom. The predicted octanol–water partition coefficient (Wildman–Crippen LogP) is 3.70. The number of aromatic nitrogens is 3. The standard InChI is InChI=1S/C22H26N6O/c1-4-9-17(14-24-23)19-13-21(27(3)15-16-10-7-6-8-11-16)25-22-12-18(20(29)5-2)26-28(19)22/h6-14H,4-5,15,23H2,1-3H3/b17-9+,24-14-. The summed E-state index contributed by atoms with van der Waals surface area (Å²) < 4.78 is 1.69. The normalized spacial score (nSPS) is 12.0. The molecule has 0 spiro atoms. The summed E-state index contributed by atoms with van der Waals surface area (Å²) >= 11 is 0. The van der Waals surface area contributed by atoms with Crippen molar-refractivity contribution in [1.82, 2.24) is 14.6 Å². The van der Waals surface area contributed by atoms with Gasteiger partial charge in [0, 0.05) is 37.7 Å². The number of ketones is 1. The van der Waals surface area contributed by atoms with Gasteiger partial charge in [-0.1, -0.05) is 50.3 Å². The van der Waals surface area contributed by atoms with Gasteiger partial charge >= 0.3 is 0 Å². The summed E-state index contributed by atoms with van der Waals surface area (Å²) in [4.78, 5) is 19.0. The van der Waals surface area contributed by atoms with E-state index in [9.17, 15) is 4.79 Å². The second kappa shape index (κ2) is 9.14. The molecule has 1 aromatic carbocycles. The molecule has 7 nitrogen and oxygen atoms in total. The van der Waals surface area contributed by atoms with Crippen molar-refractivity contribution in [2.75, 3.05) is 11.9 Å². The Morgan fingerprint density at radius 1 is 1.24 bits per heavy atom. The molecule has 0 aliphatic carbocycles. The summed E-state index contributed by atoms with van der Waals surface area (Å²) in [6, 6.07) is 13.9. The Labute approximate surface area is 170 Å². The van der Waals surface area contributed by atoms with Crippen LogP contribution in [0.4, 0.5) is 5.82 Å². The van der Waals surface area contributed by atoms with Crippen LogP contribution in [0.25, 0.3) is 11.2 Å². The number of nitrogens with zero attached hydrogens (tertiary/aromatic N) is 5. The minimum atomic E-state index is -0.0193. The lowest BCUT2D eigenvalue weighted by molar-refractivity contribution is 0.0983. The molecule has 0 saturated heterocycles. The van der Waals surface area contributed by atoms with Gasteiger partial charge in [-0.15, -0.1) is 0 Å². The molecule has 150 valence electrons. The predicted molar refractivity (Wildman–Crippen MR) is 117 cm³/mol. The van der Waals surface area contributed by atoms with E-state index in [1.165, 1.54) is 5.56 Å². The molecule has 3 rings (SSSR count). The molecule has 2 heterocycles. The number of fused-ring (bicyclic) bond motifs is 1. The van der Waals surface area contributed by atoms with Gasteiger partial charge in [0.25, 0.3) is 0 Å². The molecule has 0 aliphatic rings. The van der Waals surface area contributed by atoms with Gasteiger partial charge in [-0.2, -0.15) is 10.2 Å². The van der Waals surface area contributed by atoms with Crippen LogP contribution in [-0.2, 0) is 6.54 Å². The first-order chi connectivity index (χ1) is 14.1. The fraction of sp³-hybridized carbons (Fsp3) is 0.273. The largest absolute Gasteiger partial charge is 0.355 e. The molecule has 0 unspecified atom stereocenters. The summed E-state index contributed by atoms with van der Waals surface area (Å²) in [6.45, 7) is 4.57. The van der Waals surface area contributed by atoms with Crippen molar-refractivity contribution in [3.8, 4) is 0 Å². The van der Waals surface area contributed by atoms with E-state index < -0.39 is 0 Å². The first-order valence-corrected chi connectivity index (χ1v) is 9.70. The fourth-order valence-corrected chi connectivity index (χ4v) is 3.14. The van der Waals surface area contributed by atoms with Crippen LogP contribution in [0.3, 0.4) is 0 Å². The third-order valence-corrected chi connectivity index (χ3v) is 4.61. The number of carbonyl (C=O) groups is 1. The topological polar surface area (TPSA) is 88.9 Å². The number of hydrogen-bond donors (Lipinski definition) is 1. The van der Waals surface area contributed by atoms with Gasteiger partial charge in [-0.25, -0.2) is 9.50 Å². The number of nitrogens with two attached hydrogens (primary N) is 1.